The van der Waals surface area contributed by atoms with Gasteiger partial charge in [-0.25, -0.2) is 0 Å². The number of anilines is 2. The lowest BCUT2D eigenvalue weighted by atomic mass is 10.1. The fraction of sp³-hybridized carbons (Fsp3) is 0.208. The summed E-state index contributed by atoms with van der Waals surface area (Å²) in [5.41, 5.74) is 13.4. The highest BCUT2D eigenvalue weighted by Gasteiger charge is 2.17. The summed E-state index contributed by atoms with van der Waals surface area (Å²) >= 11 is 0. The van der Waals surface area contributed by atoms with Gasteiger partial charge in [0.15, 0.2) is 0 Å². The Kier molecular flexibility index (Phi) is 4.12. The number of H-pyrrole nitrogens is 2. The minimum absolute atomic E-state index is 0.618. The molecule has 4 aromatic heterocycles. The largest absolute Gasteiger partial charge is 0.397 e. The number of nitrogen functional groups attached to an aromatic ring is 1. The molecule has 5 heterocycles. The molecule has 7 nitrogen and oxygen atoms in total. The van der Waals surface area contributed by atoms with Gasteiger partial charge in [0.25, 0.3) is 0 Å². The summed E-state index contributed by atoms with van der Waals surface area (Å²) in [7, 11) is 0. The fourth-order valence-electron chi connectivity index (χ4n) is 4.56. The van der Waals surface area contributed by atoms with Crippen LogP contribution in [0.3, 0.4) is 0 Å². The van der Waals surface area contributed by atoms with Crippen LogP contribution < -0.4 is 10.6 Å². The maximum absolute atomic E-state index is 5.91. The minimum Gasteiger partial charge on any atom is -0.397 e. The number of fused-ring (bicyclic) bond motifs is 2. The maximum Gasteiger partial charge on any atom is 0.116 e. The van der Waals surface area contributed by atoms with Crippen molar-refractivity contribution in [2.45, 2.75) is 19.3 Å². The molecule has 6 rings (SSSR count). The molecule has 0 amide bonds. The van der Waals surface area contributed by atoms with Gasteiger partial charge in [0.05, 0.1) is 28.8 Å². The van der Waals surface area contributed by atoms with Crippen LogP contribution >= 0.6 is 0 Å². The SMILES string of the molecule is Nc1cncc(-c2cc3c(-c4cc5c(N6CCCCC6)cccc5[nH]4)n[nH]c3cn2)c1. The Balaban J connectivity index is 1.46. The summed E-state index contributed by atoms with van der Waals surface area (Å²) in [4.78, 5) is 14.8. The highest BCUT2D eigenvalue weighted by molar-refractivity contribution is 6.00. The molecule has 1 aliphatic rings. The van der Waals surface area contributed by atoms with E-state index in [2.05, 4.69) is 54.3 Å². The van der Waals surface area contributed by atoms with Gasteiger partial charge in [-0.15, -0.1) is 0 Å². The number of hydrogen-bond donors (Lipinski definition) is 3. The van der Waals surface area contributed by atoms with Crippen LogP contribution in [0.25, 0.3) is 44.5 Å². The molecule has 154 valence electrons. The van der Waals surface area contributed by atoms with E-state index in [-0.39, 0.29) is 0 Å². The molecule has 0 atom stereocenters. The number of nitrogens with two attached hydrogens (primary N) is 1. The number of nitrogens with one attached hydrogen (secondary N) is 2. The summed E-state index contributed by atoms with van der Waals surface area (Å²) in [5, 5.41) is 9.97. The van der Waals surface area contributed by atoms with Crippen molar-refractivity contribution < 1.29 is 0 Å². The van der Waals surface area contributed by atoms with Crippen molar-refractivity contribution in [1.29, 1.82) is 0 Å². The van der Waals surface area contributed by atoms with Crippen LogP contribution in [0.15, 0.2) is 55.0 Å². The third-order valence-corrected chi connectivity index (χ3v) is 6.10. The van der Waals surface area contributed by atoms with E-state index >= 15 is 0 Å². The summed E-state index contributed by atoms with van der Waals surface area (Å²) in [6, 6.07) is 12.6. The molecule has 5 aromatic rings. The lowest BCUT2D eigenvalue weighted by molar-refractivity contribution is 0.579. The molecule has 0 spiro atoms. The minimum atomic E-state index is 0.618. The van der Waals surface area contributed by atoms with Crippen molar-refractivity contribution in [2.75, 3.05) is 23.7 Å². The van der Waals surface area contributed by atoms with Gasteiger partial charge in [-0.3, -0.25) is 15.1 Å². The molecular weight excluding hydrogens is 386 g/mol. The van der Waals surface area contributed by atoms with Crippen LogP contribution in [-0.4, -0.2) is 38.2 Å². The Labute approximate surface area is 179 Å². The zero-order chi connectivity index (χ0) is 20.8. The molecule has 31 heavy (non-hydrogen) atoms. The number of rotatable bonds is 3. The van der Waals surface area contributed by atoms with Gasteiger partial charge in [-0.1, -0.05) is 6.07 Å². The van der Waals surface area contributed by atoms with Gasteiger partial charge < -0.3 is 15.6 Å². The fourth-order valence-corrected chi connectivity index (χ4v) is 4.56. The lowest BCUT2D eigenvalue weighted by Gasteiger charge is -2.29. The van der Waals surface area contributed by atoms with Gasteiger partial charge in [0.1, 0.15) is 5.69 Å². The standard InChI is InChI=1S/C24H23N7/c25-16-9-15(12-26-13-16)20-11-18-22(14-27-20)29-30-24(18)21-10-17-19(28-21)5-4-6-23(17)31-7-2-1-3-8-31/h4-6,9-14,28H,1-3,7-8,25H2,(H,29,30). The van der Waals surface area contributed by atoms with Crippen molar-refractivity contribution >= 4 is 33.2 Å². The van der Waals surface area contributed by atoms with Gasteiger partial charge >= 0.3 is 0 Å². The average molecular weight is 409 g/mol. The Morgan fingerprint density at radius 1 is 0.903 bits per heavy atom. The third kappa shape index (κ3) is 3.09. The average Bonchev–Trinajstić information content (AvgIpc) is 3.43. The van der Waals surface area contributed by atoms with Crippen LogP contribution in [-0.2, 0) is 0 Å². The number of pyridine rings is 2. The van der Waals surface area contributed by atoms with Crippen molar-refractivity contribution in [3.63, 3.8) is 0 Å². The van der Waals surface area contributed by atoms with Gasteiger partial charge in [-0.2, -0.15) is 5.10 Å². The third-order valence-electron chi connectivity index (χ3n) is 6.10. The molecule has 0 radical (unpaired) electrons. The first kappa shape index (κ1) is 17.9. The van der Waals surface area contributed by atoms with E-state index in [9.17, 15) is 0 Å². The molecule has 7 heteroatoms. The Bertz CT molecular complexity index is 1390. The number of aromatic amines is 2. The predicted octanol–water partition coefficient (Wildman–Crippen LogP) is 4.74. The van der Waals surface area contributed by atoms with Gasteiger partial charge in [-0.05, 0) is 49.6 Å². The molecule has 1 saturated heterocycles. The lowest BCUT2D eigenvalue weighted by Crippen LogP contribution is -2.29. The quantitative estimate of drug-likeness (QED) is 0.400. The van der Waals surface area contributed by atoms with Crippen molar-refractivity contribution in [3.05, 3.63) is 55.0 Å². The number of piperidine rings is 1. The van der Waals surface area contributed by atoms with E-state index in [0.717, 1.165) is 52.2 Å². The maximum atomic E-state index is 5.91. The van der Waals surface area contributed by atoms with Crippen LogP contribution in [0.1, 0.15) is 19.3 Å². The van der Waals surface area contributed by atoms with Crippen LogP contribution in [0.5, 0.6) is 0 Å². The zero-order valence-corrected chi connectivity index (χ0v) is 17.1. The molecule has 0 unspecified atom stereocenters. The second kappa shape index (κ2) is 7.12. The highest BCUT2D eigenvalue weighted by atomic mass is 15.1. The summed E-state index contributed by atoms with van der Waals surface area (Å²) in [5.74, 6) is 0. The Morgan fingerprint density at radius 3 is 2.68 bits per heavy atom. The monoisotopic (exact) mass is 409 g/mol. The van der Waals surface area contributed by atoms with Crippen molar-refractivity contribution in [3.8, 4) is 22.6 Å². The molecule has 1 aromatic carbocycles. The van der Waals surface area contributed by atoms with E-state index in [4.69, 9.17) is 5.73 Å². The van der Waals surface area contributed by atoms with E-state index in [1.807, 2.05) is 18.3 Å². The van der Waals surface area contributed by atoms with Crippen LogP contribution in [0, 0.1) is 0 Å². The van der Waals surface area contributed by atoms with E-state index in [1.54, 1.807) is 12.4 Å². The van der Waals surface area contributed by atoms with Gasteiger partial charge in [0, 0.05) is 53.0 Å². The van der Waals surface area contributed by atoms with E-state index in [1.165, 1.54) is 30.3 Å². The van der Waals surface area contributed by atoms with E-state index < -0.39 is 0 Å². The van der Waals surface area contributed by atoms with Crippen LogP contribution in [0.2, 0.25) is 0 Å². The number of aromatic nitrogens is 5. The molecular formula is C24H23N7. The molecule has 0 aliphatic carbocycles. The second-order valence-electron chi connectivity index (χ2n) is 8.16. The van der Waals surface area contributed by atoms with Crippen molar-refractivity contribution in [1.82, 2.24) is 25.1 Å². The highest BCUT2D eigenvalue weighted by Crippen LogP contribution is 2.35. The number of benzene rings is 1. The Morgan fingerprint density at radius 2 is 1.81 bits per heavy atom. The Hall–Kier alpha value is -3.87. The topological polar surface area (TPSA) is 99.5 Å². The molecule has 4 N–H and O–H groups in total. The first-order chi connectivity index (χ1) is 15.3. The number of hydrogen-bond acceptors (Lipinski definition) is 5. The second-order valence-corrected chi connectivity index (χ2v) is 8.16. The summed E-state index contributed by atoms with van der Waals surface area (Å²) in [6.45, 7) is 2.24. The van der Waals surface area contributed by atoms with E-state index in [0.29, 0.717) is 5.69 Å². The zero-order valence-electron chi connectivity index (χ0n) is 17.1. The first-order valence-corrected chi connectivity index (χ1v) is 10.7. The van der Waals surface area contributed by atoms with Crippen molar-refractivity contribution in [2.24, 2.45) is 0 Å². The predicted molar refractivity (Wildman–Crippen MR) is 125 cm³/mol. The first-order valence-electron chi connectivity index (χ1n) is 10.7. The normalized spacial score (nSPS) is 14.5. The number of nitrogens with zero attached hydrogens (tertiary/aromatic N) is 4. The van der Waals surface area contributed by atoms with Gasteiger partial charge in [0.2, 0.25) is 0 Å². The molecule has 1 fully saturated rings. The van der Waals surface area contributed by atoms with Crippen LogP contribution in [0.4, 0.5) is 11.4 Å². The smallest absolute Gasteiger partial charge is 0.116 e. The molecule has 0 saturated carbocycles. The summed E-state index contributed by atoms with van der Waals surface area (Å²) in [6.07, 6.45) is 9.06. The summed E-state index contributed by atoms with van der Waals surface area (Å²) < 4.78 is 0. The molecule has 1 aliphatic heterocycles. The molecule has 0 bridgehead atoms.